The predicted octanol–water partition coefficient (Wildman–Crippen LogP) is 5.08. The Kier molecular flexibility index (Phi) is 11.2. The molecule has 1 saturated heterocycles. The van der Waals surface area contributed by atoms with Crippen LogP contribution in [0.2, 0.25) is 0 Å². The van der Waals surface area contributed by atoms with Crippen molar-refractivity contribution in [2.75, 3.05) is 16.9 Å². The molecule has 49 heavy (non-hydrogen) atoms. The fourth-order valence-corrected chi connectivity index (χ4v) is 8.05. The summed E-state index contributed by atoms with van der Waals surface area (Å²) < 4.78 is 23.1. The third kappa shape index (κ3) is 8.57. The summed E-state index contributed by atoms with van der Waals surface area (Å²) in [5.74, 6) is -1.82. The van der Waals surface area contributed by atoms with Gasteiger partial charge in [0, 0.05) is 42.9 Å². The molecule has 2 unspecified atom stereocenters. The van der Waals surface area contributed by atoms with Crippen LogP contribution in [0.25, 0.3) is 0 Å². The number of hydrogen-bond acceptors (Lipinski definition) is 6. The molecule has 10 nitrogen and oxygen atoms in total. The van der Waals surface area contributed by atoms with Crippen LogP contribution in [-0.2, 0) is 41.9 Å². The molecule has 5 rings (SSSR count). The molecule has 260 valence electrons. The topological polar surface area (TPSA) is 141 Å². The molecule has 1 heterocycles. The molecule has 1 saturated carbocycles. The van der Waals surface area contributed by atoms with Gasteiger partial charge in [0.1, 0.15) is 28.1 Å². The van der Waals surface area contributed by atoms with E-state index in [-0.39, 0.29) is 29.9 Å². The quantitative estimate of drug-likeness (QED) is 0.225. The number of hydrogen-bond donors (Lipinski definition) is 2. The minimum absolute atomic E-state index is 0.0395. The summed E-state index contributed by atoms with van der Waals surface area (Å²) >= 11 is 0. The van der Waals surface area contributed by atoms with E-state index >= 15 is 0 Å². The van der Waals surface area contributed by atoms with E-state index in [4.69, 9.17) is 0 Å². The molecule has 3 aromatic carbocycles. The highest BCUT2D eigenvalue weighted by molar-refractivity contribution is 7.90. The van der Waals surface area contributed by atoms with Crippen molar-refractivity contribution in [2.24, 2.45) is 5.41 Å². The van der Waals surface area contributed by atoms with Gasteiger partial charge in [0.05, 0.1) is 0 Å². The zero-order valence-corrected chi connectivity index (χ0v) is 28.9. The second-order valence-electron chi connectivity index (χ2n) is 13.4. The number of benzene rings is 3. The van der Waals surface area contributed by atoms with Gasteiger partial charge in [-0.2, -0.15) is 0 Å². The standard InChI is InChI=1S/C38H45N3O7S/c1-27(42)40-33(26-28-13-5-3-6-14-28)35(43)41(34(40)30-15-7-4-8-16-30)31-19-17-29(18-20-31)25-32(36(44)45)39-37(46)38(21-9-10-22-38)23-11-12-24-49(2,47)48/h3-8,13-20,32-34H,9-12,21-26H2,1-2H3,(H,39,46)(H,44,45)/t32?,33-,34?/m1/s1. The lowest BCUT2D eigenvalue weighted by Gasteiger charge is -2.31. The van der Waals surface area contributed by atoms with Crippen LogP contribution in [0.15, 0.2) is 84.9 Å². The molecule has 2 fully saturated rings. The second kappa shape index (κ2) is 15.4. The lowest BCUT2D eigenvalue weighted by molar-refractivity contribution is -0.144. The number of anilines is 1. The number of sulfone groups is 1. The summed E-state index contributed by atoms with van der Waals surface area (Å²) in [6, 6.07) is 24.1. The van der Waals surface area contributed by atoms with Crippen LogP contribution < -0.4 is 10.2 Å². The molecule has 3 atom stereocenters. The zero-order valence-electron chi connectivity index (χ0n) is 28.1. The first-order valence-electron chi connectivity index (χ1n) is 16.9. The van der Waals surface area contributed by atoms with E-state index in [1.54, 1.807) is 34.1 Å². The van der Waals surface area contributed by atoms with E-state index in [0.29, 0.717) is 49.8 Å². The van der Waals surface area contributed by atoms with E-state index in [2.05, 4.69) is 5.32 Å². The van der Waals surface area contributed by atoms with Crippen LogP contribution in [-0.4, -0.2) is 66.2 Å². The van der Waals surface area contributed by atoms with Gasteiger partial charge in [-0.3, -0.25) is 19.3 Å². The normalized spacial score (nSPS) is 19.5. The van der Waals surface area contributed by atoms with Gasteiger partial charge < -0.3 is 15.3 Å². The predicted molar refractivity (Wildman–Crippen MR) is 187 cm³/mol. The van der Waals surface area contributed by atoms with Gasteiger partial charge in [-0.15, -0.1) is 0 Å². The third-order valence-corrected chi connectivity index (χ3v) is 10.9. The Hall–Kier alpha value is -4.51. The van der Waals surface area contributed by atoms with E-state index in [0.717, 1.165) is 24.0 Å². The fourth-order valence-electron chi connectivity index (χ4n) is 7.32. The molecule has 1 aliphatic carbocycles. The van der Waals surface area contributed by atoms with Crippen molar-refractivity contribution in [3.05, 3.63) is 102 Å². The van der Waals surface area contributed by atoms with Crippen LogP contribution in [0, 0.1) is 5.41 Å². The van der Waals surface area contributed by atoms with E-state index in [1.807, 2.05) is 60.7 Å². The van der Waals surface area contributed by atoms with Crippen molar-refractivity contribution in [3.63, 3.8) is 0 Å². The molecule has 0 bridgehead atoms. The Labute approximate surface area is 288 Å². The van der Waals surface area contributed by atoms with Gasteiger partial charge in [-0.1, -0.05) is 92.1 Å². The first-order chi connectivity index (χ1) is 23.4. The maximum Gasteiger partial charge on any atom is 0.326 e. The molecular formula is C38H45N3O7S. The SMILES string of the molecule is CC(=O)N1C(c2ccccc2)N(c2ccc(CC(NC(=O)C3(CCCCS(C)(=O)=O)CCCC3)C(=O)O)cc2)C(=O)[C@H]1Cc1ccccc1. The van der Waals surface area contributed by atoms with Crippen LogP contribution in [0.1, 0.15) is 74.7 Å². The van der Waals surface area contributed by atoms with E-state index < -0.39 is 39.5 Å². The number of unbranched alkanes of at least 4 members (excludes halogenated alkanes) is 1. The minimum atomic E-state index is -3.09. The molecule has 0 radical (unpaired) electrons. The molecule has 0 aromatic heterocycles. The number of carboxylic acids is 1. The summed E-state index contributed by atoms with van der Waals surface area (Å²) in [6.45, 7) is 1.47. The minimum Gasteiger partial charge on any atom is -0.480 e. The second-order valence-corrected chi connectivity index (χ2v) is 15.7. The number of aliphatic carboxylic acids is 1. The van der Waals surface area contributed by atoms with Crippen molar-refractivity contribution in [1.29, 1.82) is 0 Å². The Morgan fingerprint density at radius 1 is 0.898 bits per heavy atom. The van der Waals surface area contributed by atoms with Gasteiger partial charge in [-0.25, -0.2) is 13.2 Å². The van der Waals surface area contributed by atoms with Crippen molar-refractivity contribution in [3.8, 4) is 0 Å². The van der Waals surface area contributed by atoms with Gasteiger partial charge in [0.25, 0.3) is 5.91 Å². The fraction of sp³-hybridized carbons (Fsp3) is 0.421. The summed E-state index contributed by atoms with van der Waals surface area (Å²) in [5.41, 5.74) is 2.26. The molecular weight excluding hydrogens is 642 g/mol. The smallest absolute Gasteiger partial charge is 0.326 e. The molecule has 1 aliphatic heterocycles. The largest absolute Gasteiger partial charge is 0.480 e. The first kappa shape index (κ1) is 35.8. The highest BCUT2D eigenvalue weighted by Gasteiger charge is 2.48. The van der Waals surface area contributed by atoms with Crippen molar-refractivity contribution in [2.45, 2.75) is 83.0 Å². The monoisotopic (exact) mass is 687 g/mol. The molecule has 0 spiro atoms. The molecule has 3 amide bonds. The molecule has 11 heteroatoms. The summed E-state index contributed by atoms with van der Waals surface area (Å²) in [6.07, 6.45) is 5.51. The number of carboxylic acid groups (broad SMARTS) is 1. The number of nitrogens with one attached hydrogen (secondary N) is 1. The number of carbonyl (C=O) groups is 4. The Bertz CT molecular complexity index is 1740. The van der Waals surface area contributed by atoms with Crippen LogP contribution >= 0.6 is 0 Å². The van der Waals surface area contributed by atoms with Crippen LogP contribution in [0.4, 0.5) is 5.69 Å². The van der Waals surface area contributed by atoms with Gasteiger partial charge >= 0.3 is 5.97 Å². The lowest BCUT2D eigenvalue weighted by Crippen LogP contribution is -2.48. The Morgan fingerprint density at radius 3 is 2.08 bits per heavy atom. The maximum absolute atomic E-state index is 14.2. The Balaban J connectivity index is 1.35. The Morgan fingerprint density at radius 2 is 1.51 bits per heavy atom. The lowest BCUT2D eigenvalue weighted by atomic mass is 9.80. The maximum atomic E-state index is 14.2. The molecule has 2 N–H and O–H groups in total. The first-order valence-corrected chi connectivity index (χ1v) is 19.0. The highest BCUT2D eigenvalue weighted by atomic mass is 32.2. The van der Waals surface area contributed by atoms with Gasteiger partial charge in [-0.05, 0) is 54.5 Å². The summed E-state index contributed by atoms with van der Waals surface area (Å²) in [5, 5.41) is 12.9. The highest BCUT2D eigenvalue weighted by Crippen LogP contribution is 2.43. The number of nitrogens with zero attached hydrogens (tertiary/aromatic N) is 2. The van der Waals surface area contributed by atoms with Crippen LogP contribution in [0.3, 0.4) is 0 Å². The van der Waals surface area contributed by atoms with Crippen molar-refractivity contribution in [1.82, 2.24) is 10.2 Å². The van der Waals surface area contributed by atoms with Crippen molar-refractivity contribution >= 4 is 39.2 Å². The van der Waals surface area contributed by atoms with Crippen molar-refractivity contribution < 1.29 is 32.7 Å². The van der Waals surface area contributed by atoms with Crippen LogP contribution in [0.5, 0.6) is 0 Å². The average molecular weight is 688 g/mol. The molecule has 2 aliphatic rings. The summed E-state index contributed by atoms with van der Waals surface area (Å²) in [7, 11) is -3.09. The third-order valence-electron chi connectivity index (χ3n) is 9.82. The number of carbonyl (C=O) groups excluding carboxylic acids is 3. The van der Waals surface area contributed by atoms with E-state index in [1.165, 1.54) is 13.2 Å². The number of amides is 3. The average Bonchev–Trinajstić information content (AvgIpc) is 3.67. The van der Waals surface area contributed by atoms with E-state index in [9.17, 15) is 32.7 Å². The van der Waals surface area contributed by atoms with Gasteiger partial charge in [0.15, 0.2) is 0 Å². The summed E-state index contributed by atoms with van der Waals surface area (Å²) in [4.78, 5) is 56.5. The number of rotatable bonds is 14. The molecule has 3 aromatic rings. The van der Waals surface area contributed by atoms with Gasteiger partial charge in [0.2, 0.25) is 11.8 Å². The zero-order chi connectivity index (χ0) is 35.2.